The third kappa shape index (κ3) is 3.12. The fourth-order valence-electron chi connectivity index (χ4n) is 2.19. The minimum absolute atomic E-state index is 0.406. The van der Waals surface area contributed by atoms with Crippen molar-refractivity contribution in [3.63, 3.8) is 0 Å². The second-order valence-corrected chi connectivity index (χ2v) is 5.08. The van der Waals surface area contributed by atoms with E-state index in [0.29, 0.717) is 0 Å². The number of imidazole rings is 1. The number of nitrogens with one attached hydrogen (secondary N) is 1. The van der Waals surface area contributed by atoms with Gasteiger partial charge in [-0.3, -0.25) is 0 Å². The van der Waals surface area contributed by atoms with Crippen molar-refractivity contribution in [2.45, 2.75) is 38.3 Å². The molecular formula is C15H20N4. The van der Waals surface area contributed by atoms with Crippen LogP contribution < -0.4 is 5.32 Å². The van der Waals surface area contributed by atoms with Crippen LogP contribution in [0, 0.1) is 11.3 Å². The normalized spacial score (nSPS) is 14.2. The summed E-state index contributed by atoms with van der Waals surface area (Å²) in [5.74, 6) is 0. The van der Waals surface area contributed by atoms with Crippen LogP contribution in [0.4, 0.5) is 0 Å². The number of aryl methyl sites for hydroxylation is 1. The molecule has 1 heterocycles. The molecule has 1 atom stereocenters. The smallest absolute Gasteiger partial charge is 0.103 e. The molecule has 0 fully saturated rings. The van der Waals surface area contributed by atoms with Gasteiger partial charge in [0.1, 0.15) is 5.54 Å². The van der Waals surface area contributed by atoms with Gasteiger partial charge in [-0.05, 0) is 45.4 Å². The van der Waals surface area contributed by atoms with Gasteiger partial charge in [-0.25, -0.2) is 4.98 Å². The highest BCUT2D eigenvalue weighted by molar-refractivity contribution is 5.74. The molecule has 0 spiro atoms. The molecular weight excluding hydrogens is 236 g/mol. The number of unbranched alkanes of at least 4 members (excludes halogenated alkanes) is 1. The molecule has 1 aromatic heterocycles. The first kappa shape index (κ1) is 13.6. The Morgan fingerprint density at radius 1 is 1.37 bits per heavy atom. The van der Waals surface area contributed by atoms with Gasteiger partial charge in [-0.15, -0.1) is 0 Å². The number of nitriles is 1. The van der Waals surface area contributed by atoms with Crippen LogP contribution in [0.25, 0.3) is 11.0 Å². The lowest BCUT2D eigenvalue weighted by molar-refractivity contribution is 0.425. The van der Waals surface area contributed by atoms with Gasteiger partial charge >= 0.3 is 0 Å². The van der Waals surface area contributed by atoms with Crippen LogP contribution in [0.3, 0.4) is 0 Å². The Morgan fingerprint density at radius 2 is 2.16 bits per heavy atom. The van der Waals surface area contributed by atoms with Gasteiger partial charge in [0.05, 0.1) is 23.4 Å². The molecule has 0 radical (unpaired) electrons. The van der Waals surface area contributed by atoms with E-state index >= 15 is 0 Å². The van der Waals surface area contributed by atoms with Gasteiger partial charge in [0, 0.05) is 6.54 Å². The van der Waals surface area contributed by atoms with Crippen LogP contribution in [-0.2, 0) is 6.54 Å². The Bertz CT molecular complexity index is 581. The second-order valence-electron chi connectivity index (χ2n) is 5.08. The summed E-state index contributed by atoms with van der Waals surface area (Å²) in [6.07, 6.45) is 4.84. The molecule has 0 aliphatic heterocycles. The summed E-state index contributed by atoms with van der Waals surface area (Å²) in [6, 6.07) is 10.5. The van der Waals surface area contributed by atoms with Gasteiger partial charge in [-0.1, -0.05) is 12.1 Å². The van der Waals surface area contributed by atoms with Crippen LogP contribution >= 0.6 is 0 Å². The topological polar surface area (TPSA) is 53.6 Å². The van der Waals surface area contributed by atoms with Crippen molar-refractivity contribution in [1.82, 2.24) is 14.9 Å². The number of para-hydroxylation sites is 2. The van der Waals surface area contributed by atoms with E-state index in [-0.39, 0.29) is 0 Å². The highest BCUT2D eigenvalue weighted by Crippen LogP contribution is 2.15. The quantitative estimate of drug-likeness (QED) is 0.808. The van der Waals surface area contributed by atoms with Crippen LogP contribution in [0.15, 0.2) is 30.6 Å². The zero-order chi connectivity index (χ0) is 13.7. The molecule has 2 aromatic rings. The summed E-state index contributed by atoms with van der Waals surface area (Å²) >= 11 is 0. The van der Waals surface area contributed by atoms with Crippen LogP contribution in [0.2, 0.25) is 0 Å². The van der Waals surface area contributed by atoms with Crippen molar-refractivity contribution in [3.05, 3.63) is 30.6 Å². The standard InChI is InChI=1S/C15H20N4/c1-15(11-16,17-2)9-5-6-10-19-12-18-13-7-3-4-8-14(13)19/h3-4,7-8,12,17H,5-6,9-10H2,1-2H3. The van der Waals surface area contributed by atoms with E-state index in [1.807, 2.05) is 38.5 Å². The summed E-state index contributed by atoms with van der Waals surface area (Å²) in [5, 5.41) is 12.2. The first-order valence-corrected chi connectivity index (χ1v) is 6.68. The molecule has 100 valence electrons. The number of hydrogen-bond donors (Lipinski definition) is 1. The lowest BCUT2D eigenvalue weighted by atomic mass is 9.97. The van der Waals surface area contributed by atoms with Crippen molar-refractivity contribution >= 4 is 11.0 Å². The highest BCUT2D eigenvalue weighted by atomic mass is 15.0. The Balaban J connectivity index is 1.88. The van der Waals surface area contributed by atoms with Crippen LogP contribution in [0.5, 0.6) is 0 Å². The van der Waals surface area contributed by atoms with Gasteiger partial charge in [0.25, 0.3) is 0 Å². The molecule has 0 aliphatic rings. The molecule has 4 nitrogen and oxygen atoms in total. The van der Waals surface area contributed by atoms with Gasteiger partial charge in [-0.2, -0.15) is 5.26 Å². The van der Waals surface area contributed by atoms with Crippen molar-refractivity contribution in [1.29, 1.82) is 5.26 Å². The highest BCUT2D eigenvalue weighted by Gasteiger charge is 2.19. The maximum absolute atomic E-state index is 9.08. The summed E-state index contributed by atoms with van der Waals surface area (Å²) in [7, 11) is 1.84. The third-order valence-electron chi connectivity index (χ3n) is 3.65. The number of nitrogens with zero attached hydrogens (tertiary/aromatic N) is 3. The molecule has 1 N–H and O–H groups in total. The van der Waals surface area contributed by atoms with Crippen molar-refractivity contribution in [3.8, 4) is 6.07 Å². The fourth-order valence-corrected chi connectivity index (χ4v) is 2.19. The second kappa shape index (κ2) is 5.85. The maximum atomic E-state index is 9.08. The predicted molar refractivity (Wildman–Crippen MR) is 76.7 cm³/mol. The van der Waals surface area contributed by atoms with E-state index < -0.39 is 5.54 Å². The van der Waals surface area contributed by atoms with Crippen molar-refractivity contribution in [2.75, 3.05) is 7.05 Å². The van der Waals surface area contributed by atoms with E-state index in [9.17, 15) is 0 Å². The monoisotopic (exact) mass is 256 g/mol. The molecule has 4 heteroatoms. The zero-order valence-electron chi connectivity index (χ0n) is 11.6. The molecule has 0 saturated carbocycles. The zero-order valence-corrected chi connectivity index (χ0v) is 11.6. The Morgan fingerprint density at radius 3 is 2.89 bits per heavy atom. The van der Waals surface area contributed by atoms with Crippen LogP contribution in [0.1, 0.15) is 26.2 Å². The van der Waals surface area contributed by atoms with E-state index in [1.165, 1.54) is 5.52 Å². The number of aromatic nitrogens is 2. The van der Waals surface area contributed by atoms with Gasteiger partial charge in [0.2, 0.25) is 0 Å². The number of fused-ring (bicyclic) bond motifs is 1. The van der Waals surface area contributed by atoms with Crippen molar-refractivity contribution < 1.29 is 0 Å². The molecule has 0 amide bonds. The fraction of sp³-hybridized carbons (Fsp3) is 0.467. The largest absolute Gasteiger partial charge is 0.331 e. The molecule has 1 unspecified atom stereocenters. The van der Waals surface area contributed by atoms with E-state index in [2.05, 4.69) is 27.0 Å². The van der Waals surface area contributed by atoms with Crippen LogP contribution in [-0.4, -0.2) is 22.1 Å². The lowest BCUT2D eigenvalue weighted by Gasteiger charge is -2.20. The summed E-state index contributed by atoms with van der Waals surface area (Å²) in [6.45, 7) is 2.89. The van der Waals surface area contributed by atoms with Crippen molar-refractivity contribution in [2.24, 2.45) is 0 Å². The van der Waals surface area contributed by atoms with E-state index in [4.69, 9.17) is 5.26 Å². The van der Waals surface area contributed by atoms with Gasteiger partial charge < -0.3 is 9.88 Å². The molecule has 19 heavy (non-hydrogen) atoms. The third-order valence-corrected chi connectivity index (χ3v) is 3.65. The lowest BCUT2D eigenvalue weighted by Crippen LogP contribution is -2.37. The Labute approximate surface area is 114 Å². The predicted octanol–water partition coefficient (Wildman–Crippen LogP) is 2.71. The number of benzene rings is 1. The summed E-state index contributed by atoms with van der Waals surface area (Å²) in [5.41, 5.74) is 1.82. The summed E-state index contributed by atoms with van der Waals surface area (Å²) < 4.78 is 2.18. The average molecular weight is 256 g/mol. The first-order valence-electron chi connectivity index (χ1n) is 6.68. The van der Waals surface area contributed by atoms with E-state index in [1.54, 1.807) is 0 Å². The summed E-state index contributed by atoms with van der Waals surface area (Å²) in [4.78, 5) is 4.38. The molecule has 2 rings (SSSR count). The Kier molecular flexibility index (Phi) is 4.18. The molecule has 0 saturated heterocycles. The van der Waals surface area contributed by atoms with E-state index in [0.717, 1.165) is 31.3 Å². The maximum Gasteiger partial charge on any atom is 0.103 e. The number of rotatable bonds is 6. The number of hydrogen-bond acceptors (Lipinski definition) is 3. The minimum atomic E-state index is -0.406. The minimum Gasteiger partial charge on any atom is -0.331 e. The SMILES string of the molecule is CNC(C)(C#N)CCCCn1cnc2ccccc21. The molecule has 1 aromatic carbocycles. The first-order chi connectivity index (χ1) is 9.18. The molecule has 0 bridgehead atoms. The van der Waals surface area contributed by atoms with Gasteiger partial charge in [0.15, 0.2) is 0 Å². The average Bonchev–Trinajstić information content (AvgIpc) is 2.87. The molecule has 0 aliphatic carbocycles. The Hall–Kier alpha value is -1.86.